The molecule has 2 aromatic carbocycles. The number of fused-ring (bicyclic) bond motifs is 1. The number of nitro benzene ring substituents is 1. The van der Waals surface area contributed by atoms with Crippen LogP contribution in [0.5, 0.6) is 5.75 Å². The van der Waals surface area contributed by atoms with Crippen LogP contribution in [0.15, 0.2) is 47.5 Å². The van der Waals surface area contributed by atoms with Gasteiger partial charge >= 0.3 is 0 Å². The molecule has 0 spiro atoms. The molecule has 0 aliphatic rings. The SMILES string of the molecule is COCCn1c(=NC(=O)c2cccc([N+](=O)[O-])c2)sc2cc(OC)ccc21. The molecular weight excluding hydrogens is 370 g/mol. The largest absolute Gasteiger partial charge is 0.497 e. The molecule has 0 aliphatic carbocycles. The van der Waals surface area contributed by atoms with Gasteiger partial charge in [-0.3, -0.25) is 14.9 Å². The molecule has 3 rings (SSSR count). The van der Waals surface area contributed by atoms with Crippen LogP contribution in [-0.2, 0) is 11.3 Å². The van der Waals surface area contributed by atoms with Gasteiger partial charge in [0.15, 0.2) is 4.80 Å². The summed E-state index contributed by atoms with van der Waals surface area (Å²) < 4.78 is 13.2. The summed E-state index contributed by atoms with van der Waals surface area (Å²) in [6, 6.07) is 11.1. The Bertz CT molecular complexity index is 1070. The molecule has 1 aromatic heterocycles. The molecule has 0 N–H and O–H groups in total. The molecule has 0 saturated heterocycles. The number of hydrogen-bond donors (Lipinski definition) is 0. The molecule has 0 saturated carbocycles. The summed E-state index contributed by atoms with van der Waals surface area (Å²) >= 11 is 1.34. The Labute approximate surface area is 158 Å². The summed E-state index contributed by atoms with van der Waals surface area (Å²) in [7, 11) is 3.19. The minimum atomic E-state index is -0.540. The van der Waals surface area contributed by atoms with E-state index in [0.717, 1.165) is 10.2 Å². The van der Waals surface area contributed by atoms with Crippen LogP contribution in [0.2, 0.25) is 0 Å². The van der Waals surface area contributed by atoms with Gasteiger partial charge in [-0.2, -0.15) is 4.99 Å². The zero-order valence-electron chi connectivity index (χ0n) is 14.7. The molecule has 1 amide bonds. The molecule has 0 atom stereocenters. The lowest BCUT2D eigenvalue weighted by molar-refractivity contribution is -0.384. The van der Waals surface area contributed by atoms with Crippen molar-refractivity contribution in [1.29, 1.82) is 0 Å². The summed E-state index contributed by atoms with van der Waals surface area (Å²) in [5, 5.41) is 10.9. The van der Waals surface area contributed by atoms with E-state index in [1.54, 1.807) is 14.2 Å². The fourth-order valence-electron chi connectivity index (χ4n) is 2.57. The molecule has 27 heavy (non-hydrogen) atoms. The van der Waals surface area contributed by atoms with Crippen molar-refractivity contribution < 1.29 is 19.2 Å². The van der Waals surface area contributed by atoms with Crippen molar-refractivity contribution in [3.63, 3.8) is 0 Å². The lowest BCUT2D eigenvalue weighted by Crippen LogP contribution is -2.19. The van der Waals surface area contributed by atoms with Crippen LogP contribution in [0.4, 0.5) is 5.69 Å². The van der Waals surface area contributed by atoms with Crippen LogP contribution in [0.3, 0.4) is 0 Å². The molecule has 8 nitrogen and oxygen atoms in total. The zero-order valence-corrected chi connectivity index (χ0v) is 15.6. The first-order chi connectivity index (χ1) is 13.0. The number of ether oxygens (including phenoxy) is 2. The average molecular weight is 387 g/mol. The number of nitrogens with zero attached hydrogens (tertiary/aromatic N) is 3. The number of hydrogen-bond acceptors (Lipinski definition) is 6. The van der Waals surface area contributed by atoms with Gasteiger partial charge in [-0.15, -0.1) is 0 Å². The van der Waals surface area contributed by atoms with E-state index in [2.05, 4.69) is 4.99 Å². The first-order valence-corrected chi connectivity index (χ1v) is 8.85. The van der Waals surface area contributed by atoms with Gasteiger partial charge in [-0.25, -0.2) is 0 Å². The Morgan fingerprint density at radius 2 is 2.07 bits per heavy atom. The third-order valence-electron chi connectivity index (χ3n) is 3.91. The number of nitro groups is 1. The second-order valence-corrected chi connectivity index (χ2v) is 6.60. The van der Waals surface area contributed by atoms with Crippen LogP contribution in [-0.4, -0.2) is 36.2 Å². The Morgan fingerprint density at radius 3 is 2.78 bits per heavy atom. The standard InChI is InChI=1S/C18H17N3O5S/c1-25-9-8-20-15-7-6-14(26-2)11-16(15)27-18(20)19-17(22)12-4-3-5-13(10-12)21(23)24/h3-7,10-11H,8-9H2,1-2H3. The number of benzene rings is 2. The number of carbonyl (C=O) groups is 1. The molecule has 3 aromatic rings. The van der Waals surface area contributed by atoms with E-state index >= 15 is 0 Å². The average Bonchev–Trinajstić information content (AvgIpc) is 3.02. The second kappa shape index (κ2) is 8.11. The van der Waals surface area contributed by atoms with Gasteiger partial charge in [-0.1, -0.05) is 17.4 Å². The van der Waals surface area contributed by atoms with Crippen LogP contribution in [0.25, 0.3) is 10.2 Å². The Morgan fingerprint density at radius 1 is 1.26 bits per heavy atom. The summed E-state index contributed by atoms with van der Waals surface area (Å²) in [5.74, 6) is 0.169. The van der Waals surface area contributed by atoms with E-state index in [-0.39, 0.29) is 11.3 Å². The number of rotatable bonds is 6. The van der Waals surface area contributed by atoms with E-state index in [1.807, 2.05) is 22.8 Å². The summed E-state index contributed by atoms with van der Waals surface area (Å²) in [5.41, 5.74) is 0.922. The van der Waals surface area contributed by atoms with E-state index in [9.17, 15) is 14.9 Å². The number of thiazole rings is 1. The molecule has 140 valence electrons. The molecular formula is C18H17N3O5S. The maximum atomic E-state index is 12.6. The Kier molecular flexibility index (Phi) is 5.63. The van der Waals surface area contributed by atoms with E-state index in [4.69, 9.17) is 9.47 Å². The summed E-state index contributed by atoms with van der Waals surface area (Å²) in [6.45, 7) is 0.972. The zero-order chi connectivity index (χ0) is 19.4. The highest BCUT2D eigenvalue weighted by molar-refractivity contribution is 7.16. The fraction of sp³-hybridized carbons (Fsp3) is 0.222. The van der Waals surface area contributed by atoms with Gasteiger partial charge in [0.2, 0.25) is 0 Å². The first kappa shape index (κ1) is 18.7. The number of non-ortho nitro benzene ring substituents is 1. The topological polar surface area (TPSA) is 96.0 Å². The molecule has 0 aliphatic heterocycles. The van der Waals surface area contributed by atoms with Gasteiger partial charge in [0, 0.05) is 31.4 Å². The molecule has 0 radical (unpaired) electrons. The highest BCUT2D eigenvalue weighted by Gasteiger charge is 2.13. The van der Waals surface area contributed by atoms with E-state index < -0.39 is 10.8 Å². The molecule has 0 fully saturated rings. The fourth-order valence-corrected chi connectivity index (χ4v) is 3.65. The third kappa shape index (κ3) is 4.04. The molecule has 9 heteroatoms. The van der Waals surface area contributed by atoms with Crippen molar-refractivity contribution in [2.75, 3.05) is 20.8 Å². The van der Waals surface area contributed by atoms with Crippen LogP contribution >= 0.6 is 11.3 Å². The number of carbonyl (C=O) groups excluding carboxylic acids is 1. The van der Waals surface area contributed by atoms with E-state index in [1.165, 1.54) is 35.6 Å². The van der Waals surface area contributed by atoms with Crippen molar-refractivity contribution in [2.45, 2.75) is 6.54 Å². The predicted octanol–water partition coefficient (Wildman–Crippen LogP) is 3.01. The lowest BCUT2D eigenvalue weighted by Gasteiger charge is -2.05. The highest BCUT2D eigenvalue weighted by atomic mass is 32.1. The smallest absolute Gasteiger partial charge is 0.279 e. The van der Waals surface area contributed by atoms with E-state index in [0.29, 0.717) is 23.7 Å². The molecule has 0 bridgehead atoms. The van der Waals surface area contributed by atoms with Gasteiger partial charge in [-0.05, 0) is 24.3 Å². The lowest BCUT2D eigenvalue weighted by atomic mass is 10.2. The second-order valence-electron chi connectivity index (χ2n) is 5.59. The van der Waals surface area contributed by atoms with Crippen molar-refractivity contribution in [1.82, 2.24) is 4.57 Å². The Balaban J connectivity index is 2.09. The quantitative estimate of drug-likeness (QED) is 0.478. The van der Waals surface area contributed by atoms with Gasteiger partial charge in [0.25, 0.3) is 11.6 Å². The monoisotopic (exact) mass is 387 g/mol. The van der Waals surface area contributed by atoms with Crippen LogP contribution < -0.4 is 9.54 Å². The van der Waals surface area contributed by atoms with Gasteiger partial charge in [0.1, 0.15) is 5.75 Å². The van der Waals surface area contributed by atoms with Crippen LogP contribution in [0, 0.1) is 10.1 Å². The number of aromatic nitrogens is 1. The minimum Gasteiger partial charge on any atom is -0.497 e. The number of methoxy groups -OCH3 is 2. The normalized spacial score (nSPS) is 11.7. The molecule has 1 heterocycles. The number of amides is 1. The van der Waals surface area contributed by atoms with Crippen molar-refractivity contribution in [3.05, 3.63) is 62.9 Å². The van der Waals surface area contributed by atoms with Crippen molar-refractivity contribution in [2.24, 2.45) is 4.99 Å². The van der Waals surface area contributed by atoms with Crippen LogP contribution in [0.1, 0.15) is 10.4 Å². The summed E-state index contributed by atoms with van der Waals surface area (Å²) in [6.07, 6.45) is 0. The first-order valence-electron chi connectivity index (χ1n) is 8.03. The van der Waals surface area contributed by atoms with Gasteiger partial charge < -0.3 is 14.0 Å². The highest BCUT2D eigenvalue weighted by Crippen LogP contribution is 2.23. The summed E-state index contributed by atoms with van der Waals surface area (Å²) in [4.78, 5) is 27.6. The molecule has 0 unspecified atom stereocenters. The van der Waals surface area contributed by atoms with Gasteiger partial charge in [0.05, 0.1) is 28.9 Å². The maximum Gasteiger partial charge on any atom is 0.279 e. The van der Waals surface area contributed by atoms with Crippen molar-refractivity contribution in [3.8, 4) is 5.75 Å². The Hall–Kier alpha value is -3.04. The maximum absolute atomic E-state index is 12.6. The third-order valence-corrected chi connectivity index (χ3v) is 4.95. The minimum absolute atomic E-state index is 0.149. The predicted molar refractivity (Wildman–Crippen MR) is 101 cm³/mol. The van der Waals surface area contributed by atoms with Crippen molar-refractivity contribution >= 4 is 33.1 Å².